The SMILES string of the molecule is CCC[C@H](COC(=O)Nc1cc2ccccc2cn1)N(NCc1cccc(F)c1F)C(C)=O. The summed E-state index contributed by atoms with van der Waals surface area (Å²) in [7, 11) is 0. The Morgan fingerprint density at radius 1 is 1.12 bits per heavy atom. The zero-order chi connectivity index (χ0) is 23.8. The number of carbonyl (C=O) groups excluding carboxylic acids is 2. The molecule has 0 saturated carbocycles. The molecule has 2 amide bonds. The third-order valence-electron chi connectivity index (χ3n) is 5.07. The second-order valence-electron chi connectivity index (χ2n) is 7.52. The van der Waals surface area contributed by atoms with Gasteiger partial charge in [-0.05, 0) is 23.9 Å². The van der Waals surface area contributed by atoms with E-state index in [1.165, 1.54) is 24.1 Å². The maximum absolute atomic E-state index is 14.0. The minimum Gasteiger partial charge on any atom is -0.447 e. The number of nitrogens with zero attached hydrogens (tertiary/aromatic N) is 2. The smallest absolute Gasteiger partial charge is 0.412 e. The van der Waals surface area contributed by atoms with Gasteiger partial charge in [-0.3, -0.25) is 15.1 Å². The van der Waals surface area contributed by atoms with Crippen molar-refractivity contribution in [1.29, 1.82) is 0 Å². The summed E-state index contributed by atoms with van der Waals surface area (Å²) >= 11 is 0. The number of hydrogen-bond acceptors (Lipinski definition) is 5. The number of ether oxygens (including phenoxy) is 1. The average molecular weight is 456 g/mol. The summed E-state index contributed by atoms with van der Waals surface area (Å²) < 4.78 is 32.8. The van der Waals surface area contributed by atoms with E-state index in [1.54, 1.807) is 12.3 Å². The molecule has 1 aromatic heterocycles. The van der Waals surface area contributed by atoms with Gasteiger partial charge in [0.1, 0.15) is 12.4 Å². The average Bonchev–Trinajstić information content (AvgIpc) is 2.80. The molecule has 1 atom stereocenters. The van der Waals surface area contributed by atoms with E-state index in [-0.39, 0.29) is 24.6 Å². The summed E-state index contributed by atoms with van der Waals surface area (Å²) in [5, 5.41) is 5.73. The van der Waals surface area contributed by atoms with Crippen molar-refractivity contribution in [2.75, 3.05) is 11.9 Å². The maximum Gasteiger partial charge on any atom is 0.412 e. The normalized spacial score (nSPS) is 11.8. The van der Waals surface area contributed by atoms with Crippen LogP contribution in [0.2, 0.25) is 0 Å². The van der Waals surface area contributed by atoms with Crippen molar-refractivity contribution >= 4 is 28.6 Å². The van der Waals surface area contributed by atoms with E-state index in [0.717, 1.165) is 16.8 Å². The van der Waals surface area contributed by atoms with Gasteiger partial charge in [-0.1, -0.05) is 49.7 Å². The lowest BCUT2D eigenvalue weighted by Crippen LogP contribution is -2.50. The van der Waals surface area contributed by atoms with Gasteiger partial charge in [-0.2, -0.15) is 0 Å². The van der Waals surface area contributed by atoms with E-state index in [0.29, 0.717) is 18.7 Å². The van der Waals surface area contributed by atoms with E-state index in [9.17, 15) is 18.4 Å². The quantitative estimate of drug-likeness (QED) is 0.453. The Balaban J connectivity index is 1.62. The van der Waals surface area contributed by atoms with Crippen molar-refractivity contribution in [3.63, 3.8) is 0 Å². The number of hydrogen-bond donors (Lipinski definition) is 2. The highest BCUT2D eigenvalue weighted by Crippen LogP contribution is 2.17. The number of aromatic nitrogens is 1. The molecule has 174 valence electrons. The lowest BCUT2D eigenvalue weighted by Gasteiger charge is -2.31. The van der Waals surface area contributed by atoms with Crippen LogP contribution in [0.1, 0.15) is 32.3 Å². The van der Waals surface area contributed by atoms with Crippen LogP contribution in [0.5, 0.6) is 0 Å². The number of halogens is 2. The highest BCUT2D eigenvalue weighted by atomic mass is 19.2. The Morgan fingerprint density at radius 2 is 1.88 bits per heavy atom. The molecule has 7 nitrogen and oxygen atoms in total. The standard InChI is InChI=1S/C24H26F2N4O3/c1-3-7-20(30(16(2)31)28-14-19-10-6-11-21(25)23(19)26)15-33-24(32)29-22-12-17-8-4-5-9-18(17)13-27-22/h4-6,8-13,20,28H,3,7,14-15H2,1-2H3,(H,27,29,32)/t20-/m1/s1. The van der Waals surface area contributed by atoms with Gasteiger partial charge in [0.25, 0.3) is 0 Å². The number of carbonyl (C=O) groups is 2. The van der Waals surface area contributed by atoms with Crippen LogP contribution in [0.4, 0.5) is 19.4 Å². The molecule has 0 spiro atoms. The topological polar surface area (TPSA) is 83.6 Å². The van der Waals surface area contributed by atoms with E-state index in [1.807, 2.05) is 31.2 Å². The van der Waals surface area contributed by atoms with Crippen LogP contribution < -0.4 is 10.7 Å². The Labute approximate surface area is 190 Å². The summed E-state index contributed by atoms with van der Waals surface area (Å²) in [6.45, 7) is 3.08. The largest absolute Gasteiger partial charge is 0.447 e. The van der Waals surface area contributed by atoms with Gasteiger partial charge in [-0.25, -0.2) is 24.0 Å². The Hall–Kier alpha value is -3.59. The van der Waals surface area contributed by atoms with Crippen molar-refractivity contribution in [3.05, 3.63) is 71.9 Å². The lowest BCUT2D eigenvalue weighted by molar-refractivity contribution is -0.136. The predicted octanol–water partition coefficient (Wildman–Crippen LogP) is 4.78. The van der Waals surface area contributed by atoms with Gasteiger partial charge >= 0.3 is 6.09 Å². The zero-order valence-electron chi connectivity index (χ0n) is 18.5. The molecule has 1 heterocycles. The predicted molar refractivity (Wildman–Crippen MR) is 121 cm³/mol. The number of amides is 2. The first-order valence-corrected chi connectivity index (χ1v) is 10.6. The minimum absolute atomic E-state index is 0.0811. The van der Waals surface area contributed by atoms with Crippen LogP contribution in [0, 0.1) is 11.6 Å². The first-order valence-electron chi connectivity index (χ1n) is 10.6. The van der Waals surface area contributed by atoms with E-state index >= 15 is 0 Å². The Morgan fingerprint density at radius 3 is 2.61 bits per heavy atom. The Bertz CT molecular complexity index is 1130. The highest BCUT2D eigenvalue weighted by molar-refractivity contribution is 5.89. The molecule has 2 aromatic carbocycles. The van der Waals surface area contributed by atoms with E-state index in [2.05, 4.69) is 15.7 Å². The molecule has 0 bridgehead atoms. The summed E-state index contributed by atoms with van der Waals surface area (Å²) in [5.74, 6) is -1.94. The molecule has 0 aliphatic carbocycles. The second kappa shape index (κ2) is 11.3. The van der Waals surface area contributed by atoms with Crippen LogP contribution >= 0.6 is 0 Å². The molecule has 3 aromatic rings. The Kier molecular flexibility index (Phi) is 8.26. The van der Waals surface area contributed by atoms with Crippen molar-refractivity contribution in [2.45, 2.75) is 39.3 Å². The van der Waals surface area contributed by atoms with Crippen LogP contribution in [0.15, 0.2) is 54.7 Å². The summed E-state index contributed by atoms with van der Waals surface area (Å²) in [6.07, 6.45) is 2.18. The van der Waals surface area contributed by atoms with Crippen molar-refractivity contribution in [3.8, 4) is 0 Å². The third-order valence-corrected chi connectivity index (χ3v) is 5.07. The van der Waals surface area contributed by atoms with Crippen molar-refractivity contribution in [2.24, 2.45) is 0 Å². The number of benzene rings is 2. The second-order valence-corrected chi connectivity index (χ2v) is 7.52. The summed E-state index contributed by atoms with van der Waals surface area (Å²) in [5.41, 5.74) is 2.92. The molecule has 33 heavy (non-hydrogen) atoms. The molecule has 0 radical (unpaired) electrons. The lowest BCUT2D eigenvalue weighted by atomic mass is 10.1. The molecule has 0 unspecified atom stereocenters. The first-order chi connectivity index (χ1) is 15.9. The van der Waals surface area contributed by atoms with Crippen LogP contribution in [-0.2, 0) is 16.1 Å². The monoisotopic (exact) mass is 456 g/mol. The van der Waals surface area contributed by atoms with Crippen molar-refractivity contribution in [1.82, 2.24) is 15.4 Å². The molecule has 0 saturated heterocycles. The molecular formula is C24H26F2N4O3. The van der Waals surface area contributed by atoms with Gasteiger partial charge in [0.05, 0.1) is 6.04 Å². The molecule has 2 N–H and O–H groups in total. The number of hydrazine groups is 1. The molecular weight excluding hydrogens is 430 g/mol. The maximum atomic E-state index is 14.0. The fourth-order valence-electron chi connectivity index (χ4n) is 3.44. The number of anilines is 1. The van der Waals surface area contributed by atoms with Crippen molar-refractivity contribution < 1.29 is 23.1 Å². The molecule has 0 aliphatic heterocycles. The van der Waals surface area contributed by atoms with Crippen LogP contribution in [-0.4, -0.2) is 34.6 Å². The fraction of sp³-hybridized carbons (Fsp3) is 0.292. The van der Waals surface area contributed by atoms with Crippen LogP contribution in [0.25, 0.3) is 10.8 Å². The van der Waals surface area contributed by atoms with Crippen LogP contribution in [0.3, 0.4) is 0 Å². The molecule has 0 fully saturated rings. The van der Waals surface area contributed by atoms with Gasteiger partial charge in [0.2, 0.25) is 5.91 Å². The zero-order valence-corrected chi connectivity index (χ0v) is 18.5. The number of nitrogens with one attached hydrogen (secondary N) is 2. The molecule has 9 heteroatoms. The number of pyridine rings is 1. The fourth-order valence-corrected chi connectivity index (χ4v) is 3.44. The first kappa shape index (κ1) is 24.1. The van der Waals surface area contributed by atoms with Gasteiger partial charge in [-0.15, -0.1) is 0 Å². The summed E-state index contributed by atoms with van der Waals surface area (Å²) in [4.78, 5) is 28.7. The highest BCUT2D eigenvalue weighted by Gasteiger charge is 2.23. The van der Waals surface area contributed by atoms with Gasteiger partial charge in [0.15, 0.2) is 11.6 Å². The van der Waals surface area contributed by atoms with E-state index in [4.69, 9.17) is 4.74 Å². The third kappa shape index (κ3) is 6.45. The number of rotatable bonds is 9. The minimum atomic E-state index is -0.973. The van der Waals surface area contributed by atoms with E-state index < -0.39 is 23.8 Å². The van der Waals surface area contributed by atoms with Gasteiger partial charge < -0.3 is 4.74 Å². The van der Waals surface area contributed by atoms with Gasteiger partial charge in [0, 0.05) is 30.6 Å². The summed E-state index contributed by atoms with van der Waals surface area (Å²) in [6, 6.07) is 12.7. The number of fused-ring (bicyclic) bond motifs is 1. The molecule has 3 rings (SSSR count). The molecule has 0 aliphatic rings.